The van der Waals surface area contributed by atoms with Crippen LogP contribution in [0.2, 0.25) is 0 Å². The molecule has 19 heavy (non-hydrogen) atoms. The van der Waals surface area contributed by atoms with Crippen molar-refractivity contribution in [3.05, 3.63) is 29.5 Å². The minimum atomic E-state index is -0.263. The van der Waals surface area contributed by atoms with Gasteiger partial charge in [0.2, 0.25) is 0 Å². The predicted octanol–water partition coefficient (Wildman–Crippen LogP) is 2.85. The maximum atomic E-state index is 12.1. The van der Waals surface area contributed by atoms with E-state index in [0.717, 1.165) is 35.2 Å². The lowest BCUT2D eigenvalue weighted by molar-refractivity contribution is 0.0601. The number of hydrogen-bond donors (Lipinski definition) is 0. The van der Waals surface area contributed by atoms with Gasteiger partial charge in [-0.05, 0) is 31.0 Å². The average molecular weight is 259 g/mol. The number of esters is 1. The minimum absolute atomic E-state index is 0.263. The summed E-state index contributed by atoms with van der Waals surface area (Å²) in [4.78, 5) is 12.1. The topological polar surface area (TPSA) is 40.5 Å². The van der Waals surface area contributed by atoms with Gasteiger partial charge in [-0.2, -0.15) is 0 Å². The molecular weight excluding hydrogens is 242 g/mol. The van der Waals surface area contributed by atoms with Gasteiger partial charge in [0, 0.05) is 29.6 Å². The van der Waals surface area contributed by atoms with Crippen molar-refractivity contribution < 1.29 is 14.3 Å². The summed E-state index contributed by atoms with van der Waals surface area (Å²) in [7, 11) is 5.07. The van der Waals surface area contributed by atoms with E-state index >= 15 is 0 Å². The molecule has 0 saturated heterocycles. The highest BCUT2D eigenvalue weighted by Crippen LogP contribution is 2.45. The molecule has 1 aromatic heterocycles. The molecule has 0 atom stereocenters. The zero-order valence-corrected chi connectivity index (χ0v) is 11.4. The SMILES string of the molecule is COC(=O)c1c(C2CC2)n(C)c2ccc(OC)cc12. The summed E-state index contributed by atoms with van der Waals surface area (Å²) < 4.78 is 12.3. The molecule has 1 heterocycles. The largest absolute Gasteiger partial charge is 0.497 e. The van der Waals surface area contributed by atoms with Gasteiger partial charge in [-0.15, -0.1) is 0 Å². The van der Waals surface area contributed by atoms with Crippen LogP contribution in [-0.2, 0) is 11.8 Å². The fourth-order valence-electron chi connectivity index (χ4n) is 2.72. The molecule has 1 fully saturated rings. The van der Waals surface area contributed by atoms with Crippen molar-refractivity contribution in [3.63, 3.8) is 0 Å². The molecule has 0 unspecified atom stereocenters. The molecule has 0 aliphatic heterocycles. The lowest BCUT2D eigenvalue weighted by Crippen LogP contribution is -2.05. The highest BCUT2D eigenvalue weighted by molar-refractivity contribution is 6.06. The monoisotopic (exact) mass is 259 g/mol. The number of hydrogen-bond acceptors (Lipinski definition) is 3. The third kappa shape index (κ3) is 1.79. The van der Waals surface area contributed by atoms with E-state index in [-0.39, 0.29) is 5.97 Å². The second-order valence-electron chi connectivity index (χ2n) is 4.97. The molecular formula is C15H17NO3. The van der Waals surface area contributed by atoms with Gasteiger partial charge in [-0.3, -0.25) is 0 Å². The van der Waals surface area contributed by atoms with Crippen LogP contribution in [0, 0.1) is 0 Å². The molecule has 0 bridgehead atoms. The minimum Gasteiger partial charge on any atom is -0.497 e. The average Bonchev–Trinajstić information content (AvgIpc) is 3.23. The highest BCUT2D eigenvalue weighted by Gasteiger charge is 2.33. The fraction of sp³-hybridized carbons (Fsp3) is 0.400. The van der Waals surface area contributed by atoms with E-state index in [2.05, 4.69) is 4.57 Å². The van der Waals surface area contributed by atoms with E-state index in [9.17, 15) is 4.79 Å². The first kappa shape index (κ1) is 12.1. The second kappa shape index (κ2) is 4.30. The van der Waals surface area contributed by atoms with Gasteiger partial charge in [0.25, 0.3) is 0 Å². The van der Waals surface area contributed by atoms with Gasteiger partial charge in [0.15, 0.2) is 0 Å². The van der Waals surface area contributed by atoms with Crippen LogP contribution in [0.5, 0.6) is 5.75 Å². The maximum Gasteiger partial charge on any atom is 0.340 e. The summed E-state index contributed by atoms with van der Waals surface area (Å²) >= 11 is 0. The number of aryl methyl sites for hydroxylation is 1. The molecule has 4 nitrogen and oxygen atoms in total. The Balaban J connectivity index is 2.32. The van der Waals surface area contributed by atoms with Gasteiger partial charge >= 0.3 is 5.97 Å². The summed E-state index contributed by atoms with van der Waals surface area (Å²) in [6.45, 7) is 0. The molecule has 100 valence electrons. The van der Waals surface area contributed by atoms with Gasteiger partial charge in [-0.25, -0.2) is 4.79 Å². The van der Waals surface area contributed by atoms with Crippen molar-refractivity contribution in [1.29, 1.82) is 0 Å². The Bertz CT molecular complexity index is 653. The molecule has 1 aliphatic carbocycles. The molecule has 1 aliphatic rings. The lowest BCUT2D eigenvalue weighted by atomic mass is 10.1. The summed E-state index contributed by atoms with van der Waals surface area (Å²) in [6.07, 6.45) is 2.29. The van der Waals surface area contributed by atoms with E-state index in [1.54, 1.807) is 7.11 Å². The van der Waals surface area contributed by atoms with Crippen LogP contribution < -0.4 is 4.74 Å². The molecule has 4 heteroatoms. The first-order valence-corrected chi connectivity index (χ1v) is 6.42. The van der Waals surface area contributed by atoms with E-state index in [4.69, 9.17) is 9.47 Å². The molecule has 0 N–H and O–H groups in total. The zero-order chi connectivity index (χ0) is 13.6. The number of benzene rings is 1. The zero-order valence-electron chi connectivity index (χ0n) is 11.4. The Hall–Kier alpha value is -1.97. The van der Waals surface area contributed by atoms with Crippen LogP contribution >= 0.6 is 0 Å². The van der Waals surface area contributed by atoms with Crippen molar-refractivity contribution in [3.8, 4) is 5.75 Å². The fourth-order valence-corrected chi connectivity index (χ4v) is 2.72. The third-order valence-corrected chi connectivity index (χ3v) is 3.81. The van der Waals surface area contributed by atoms with Crippen molar-refractivity contribution in [1.82, 2.24) is 4.57 Å². The third-order valence-electron chi connectivity index (χ3n) is 3.81. The predicted molar refractivity (Wildman–Crippen MR) is 72.8 cm³/mol. The Morgan fingerprint density at radius 2 is 2.05 bits per heavy atom. The van der Waals surface area contributed by atoms with E-state index in [1.165, 1.54) is 7.11 Å². The van der Waals surface area contributed by atoms with Gasteiger partial charge in [0.05, 0.1) is 19.8 Å². The number of methoxy groups -OCH3 is 2. The molecule has 3 rings (SSSR count). The Kier molecular flexibility index (Phi) is 2.73. The smallest absolute Gasteiger partial charge is 0.340 e. The van der Waals surface area contributed by atoms with Crippen LogP contribution in [0.1, 0.15) is 34.8 Å². The second-order valence-corrected chi connectivity index (χ2v) is 4.97. The number of ether oxygens (including phenoxy) is 2. The molecule has 0 spiro atoms. The van der Waals surface area contributed by atoms with E-state index in [1.807, 2.05) is 25.2 Å². The molecule has 1 aromatic carbocycles. The van der Waals surface area contributed by atoms with Crippen LogP contribution in [0.25, 0.3) is 10.9 Å². The number of aromatic nitrogens is 1. The lowest BCUT2D eigenvalue weighted by Gasteiger charge is -2.04. The number of carbonyl (C=O) groups excluding carboxylic acids is 1. The first-order chi connectivity index (χ1) is 9.17. The van der Waals surface area contributed by atoms with E-state index < -0.39 is 0 Å². The van der Waals surface area contributed by atoms with Crippen molar-refractivity contribution in [2.75, 3.05) is 14.2 Å². The van der Waals surface area contributed by atoms with Gasteiger partial charge in [0.1, 0.15) is 5.75 Å². The number of nitrogens with zero attached hydrogens (tertiary/aromatic N) is 1. The van der Waals surface area contributed by atoms with Crippen LogP contribution in [0.3, 0.4) is 0 Å². The normalized spacial score (nSPS) is 14.7. The van der Waals surface area contributed by atoms with Crippen molar-refractivity contribution in [2.24, 2.45) is 7.05 Å². The molecule has 0 radical (unpaired) electrons. The quantitative estimate of drug-likeness (QED) is 0.796. The van der Waals surface area contributed by atoms with E-state index in [0.29, 0.717) is 11.5 Å². The molecule has 1 saturated carbocycles. The number of fused-ring (bicyclic) bond motifs is 1. The molecule has 2 aromatic rings. The summed E-state index contributed by atoms with van der Waals surface area (Å²) in [5.74, 6) is 0.976. The van der Waals surface area contributed by atoms with Gasteiger partial charge < -0.3 is 14.0 Å². The van der Waals surface area contributed by atoms with Crippen LogP contribution in [0.4, 0.5) is 0 Å². The Morgan fingerprint density at radius 1 is 1.32 bits per heavy atom. The number of rotatable bonds is 3. The first-order valence-electron chi connectivity index (χ1n) is 6.42. The Morgan fingerprint density at radius 3 is 2.63 bits per heavy atom. The van der Waals surface area contributed by atoms with Crippen molar-refractivity contribution >= 4 is 16.9 Å². The standard InChI is InChI=1S/C15H17NO3/c1-16-12-7-6-10(18-2)8-11(12)13(15(17)19-3)14(16)9-4-5-9/h6-9H,4-5H2,1-3H3. The molecule has 0 amide bonds. The van der Waals surface area contributed by atoms with Crippen molar-refractivity contribution in [2.45, 2.75) is 18.8 Å². The van der Waals surface area contributed by atoms with Crippen LogP contribution in [0.15, 0.2) is 18.2 Å². The number of carbonyl (C=O) groups is 1. The summed E-state index contributed by atoms with van der Waals surface area (Å²) in [5, 5.41) is 0.913. The van der Waals surface area contributed by atoms with Gasteiger partial charge in [-0.1, -0.05) is 0 Å². The summed E-state index contributed by atoms with van der Waals surface area (Å²) in [6, 6.07) is 5.82. The maximum absolute atomic E-state index is 12.1. The Labute approximate surface area is 111 Å². The summed E-state index contributed by atoms with van der Waals surface area (Å²) in [5.41, 5.74) is 2.83. The van der Waals surface area contributed by atoms with Crippen LogP contribution in [-0.4, -0.2) is 24.8 Å². The highest BCUT2D eigenvalue weighted by atomic mass is 16.5.